The van der Waals surface area contributed by atoms with Crippen molar-refractivity contribution in [3.05, 3.63) is 64.7 Å². The summed E-state index contributed by atoms with van der Waals surface area (Å²) in [5.41, 5.74) is 1.26. The Morgan fingerprint density at radius 2 is 1.83 bits per heavy atom. The Kier molecular flexibility index (Phi) is 4.58. The summed E-state index contributed by atoms with van der Waals surface area (Å²) >= 11 is 6.18. The van der Waals surface area contributed by atoms with E-state index in [1.165, 1.54) is 7.11 Å². The minimum Gasteiger partial charge on any atom is -0.465 e. The number of nitrogens with one attached hydrogen (secondary N) is 1. The highest BCUT2D eigenvalue weighted by molar-refractivity contribution is 6.34. The Morgan fingerprint density at radius 1 is 1.12 bits per heavy atom. The summed E-state index contributed by atoms with van der Waals surface area (Å²) in [6.07, 6.45) is 2.62. The Balaban J connectivity index is 1.88. The molecular weight excluding hydrogens is 326 g/mol. The van der Waals surface area contributed by atoms with E-state index in [-0.39, 0.29) is 5.91 Å². The van der Waals surface area contributed by atoms with Gasteiger partial charge in [-0.15, -0.1) is 0 Å². The smallest absolute Gasteiger partial charge is 0.337 e. The lowest BCUT2D eigenvalue weighted by Gasteiger charge is -2.40. The zero-order valence-electron chi connectivity index (χ0n) is 13.3. The van der Waals surface area contributed by atoms with Crippen LogP contribution in [-0.2, 0) is 14.9 Å². The van der Waals surface area contributed by atoms with Crippen molar-refractivity contribution in [1.29, 1.82) is 0 Å². The third-order valence-electron chi connectivity index (χ3n) is 4.60. The number of carbonyl (C=O) groups is 2. The van der Waals surface area contributed by atoms with Crippen LogP contribution in [0, 0.1) is 0 Å². The monoisotopic (exact) mass is 343 g/mol. The largest absolute Gasteiger partial charge is 0.465 e. The van der Waals surface area contributed by atoms with Crippen molar-refractivity contribution >= 4 is 29.2 Å². The summed E-state index contributed by atoms with van der Waals surface area (Å²) in [5.74, 6) is -0.563. The number of benzene rings is 2. The fourth-order valence-electron chi connectivity index (χ4n) is 3.04. The molecule has 2 aromatic rings. The SMILES string of the molecule is COC(=O)c1ccc(Cl)c(NC(=O)C2(c3ccccc3)CCC2)c1. The van der Waals surface area contributed by atoms with Crippen molar-refractivity contribution in [2.45, 2.75) is 24.7 Å². The van der Waals surface area contributed by atoms with E-state index in [4.69, 9.17) is 16.3 Å². The first-order valence-electron chi connectivity index (χ1n) is 7.82. The van der Waals surface area contributed by atoms with Crippen molar-refractivity contribution in [2.24, 2.45) is 0 Å². The van der Waals surface area contributed by atoms with Gasteiger partial charge >= 0.3 is 5.97 Å². The molecule has 1 fully saturated rings. The Hall–Kier alpha value is -2.33. The van der Waals surface area contributed by atoms with Gasteiger partial charge in [0, 0.05) is 0 Å². The molecule has 0 heterocycles. The van der Waals surface area contributed by atoms with E-state index in [2.05, 4.69) is 5.32 Å². The fraction of sp³-hybridized carbons (Fsp3) is 0.263. The number of anilines is 1. The molecule has 0 atom stereocenters. The van der Waals surface area contributed by atoms with E-state index in [9.17, 15) is 9.59 Å². The molecule has 1 amide bonds. The van der Waals surface area contributed by atoms with Crippen LogP contribution in [0.1, 0.15) is 35.2 Å². The van der Waals surface area contributed by atoms with Gasteiger partial charge in [-0.2, -0.15) is 0 Å². The number of halogens is 1. The average molecular weight is 344 g/mol. The zero-order valence-corrected chi connectivity index (χ0v) is 14.1. The van der Waals surface area contributed by atoms with Crippen LogP contribution in [0.4, 0.5) is 5.69 Å². The number of methoxy groups -OCH3 is 1. The molecule has 1 N–H and O–H groups in total. The van der Waals surface area contributed by atoms with Crippen LogP contribution >= 0.6 is 11.6 Å². The number of amides is 1. The summed E-state index contributed by atoms with van der Waals surface area (Å²) in [6.45, 7) is 0. The highest BCUT2D eigenvalue weighted by atomic mass is 35.5. The van der Waals surface area contributed by atoms with Crippen LogP contribution in [0.25, 0.3) is 0 Å². The third kappa shape index (κ3) is 2.89. The Morgan fingerprint density at radius 3 is 2.42 bits per heavy atom. The van der Waals surface area contributed by atoms with Crippen LogP contribution in [0.15, 0.2) is 48.5 Å². The lowest BCUT2D eigenvalue weighted by molar-refractivity contribution is -0.124. The molecule has 0 aromatic heterocycles. The van der Waals surface area contributed by atoms with Gasteiger partial charge in [-0.3, -0.25) is 4.79 Å². The third-order valence-corrected chi connectivity index (χ3v) is 4.93. The quantitative estimate of drug-likeness (QED) is 0.847. The number of esters is 1. The molecule has 0 spiro atoms. The maximum atomic E-state index is 12.9. The summed E-state index contributed by atoms with van der Waals surface area (Å²) in [5, 5.41) is 3.28. The van der Waals surface area contributed by atoms with Gasteiger partial charge in [0.2, 0.25) is 5.91 Å². The molecule has 0 unspecified atom stereocenters. The predicted molar refractivity (Wildman–Crippen MR) is 93.4 cm³/mol. The average Bonchev–Trinajstić information content (AvgIpc) is 2.56. The van der Waals surface area contributed by atoms with Crippen LogP contribution in [0.3, 0.4) is 0 Å². The molecule has 0 bridgehead atoms. The summed E-state index contributed by atoms with van der Waals surface area (Å²) in [6, 6.07) is 14.5. The van der Waals surface area contributed by atoms with Crippen LogP contribution in [-0.4, -0.2) is 19.0 Å². The molecule has 124 valence electrons. The molecule has 0 saturated heterocycles. The van der Waals surface area contributed by atoms with Crippen molar-refractivity contribution in [3.63, 3.8) is 0 Å². The van der Waals surface area contributed by atoms with Crippen LogP contribution in [0.5, 0.6) is 0 Å². The number of ether oxygens (including phenoxy) is 1. The lowest BCUT2D eigenvalue weighted by atomic mass is 9.64. The molecule has 1 aliphatic carbocycles. The van der Waals surface area contributed by atoms with E-state index in [0.717, 1.165) is 24.8 Å². The van der Waals surface area contributed by atoms with Gasteiger partial charge in [0.15, 0.2) is 0 Å². The summed E-state index contributed by atoms with van der Waals surface area (Å²) in [7, 11) is 1.31. The highest BCUT2D eigenvalue weighted by Crippen LogP contribution is 2.44. The van der Waals surface area contributed by atoms with Gasteiger partial charge in [-0.1, -0.05) is 48.4 Å². The van der Waals surface area contributed by atoms with E-state index in [1.54, 1.807) is 18.2 Å². The van der Waals surface area contributed by atoms with E-state index in [1.807, 2.05) is 30.3 Å². The summed E-state index contributed by atoms with van der Waals surface area (Å²) < 4.78 is 4.71. The van der Waals surface area contributed by atoms with Crippen molar-refractivity contribution < 1.29 is 14.3 Å². The van der Waals surface area contributed by atoms with E-state index < -0.39 is 11.4 Å². The zero-order chi connectivity index (χ0) is 17.2. The molecule has 1 saturated carbocycles. The van der Waals surface area contributed by atoms with E-state index >= 15 is 0 Å². The molecular formula is C19H18ClNO3. The molecule has 0 radical (unpaired) electrons. The molecule has 5 heteroatoms. The normalized spacial score (nSPS) is 15.2. The second-order valence-electron chi connectivity index (χ2n) is 5.94. The molecule has 4 nitrogen and oxygen atoms in total. The minimum atomic E-state index is -0.522. The highest BCUT2D eigenvalue weighted by Gasteiger charge is 2.45. The second-order valence-corrected chi connectivity index (χ2v) is 6.35. The predicted octanol–water partition coefficient (Wildman–Crippen LogP) is 4.19. The summed E-state index contributed by atoms with van der Waals surface area (Å²) in [4.78, 5) is 24.6. The van der Waals surface area contributed by atoms with Crippen LogP contribution in [0.2, 0.25) is 5.02 Å². The number of hydrogen-bond donors (Lipinski definition) is 1. The van der Waals surface area contributed by atoms with Gasteiger partial charge < -0.3 is 10.1 Å². The Bertz CT molecular complexity index is 769. The first kappa shape index (κ1) is 16.5. The Labute approximate surface area is 145 Å². The molecule has 0 aliphatic heterocycles. The first-order valence-corrected chi connectivity index (χ1v) is 8.19. The van der Waals surface area contributed by atoms with Gasteiger partial charge in [-0.05, 0) is 36.6 Å². The number of rotatable bonds is 4. The second kappa shape index (κ2) is 6.65. The molecule has 1 aliphatic rings. The lowest BCUT2D eigenvalue weighted by Crippen LogP contribution is -2.46. The van der Waals surface area contributed by atoms with Crippen molar-refractivity contribution in [3.8, 4) is 0 Å². The van der Waals surface area contributed by atoms with Gasteiger partial charge in [0.05, 0.1) is 28.8 Å². The molecule has 3 rings (SSSR count). The number of hydrogen-bond acceptors (Lipinski definition) is 3. The van der Waals surface area contributed by atoms with Gasteiger partial charge in [0.1, 0.15) is 0 Å². The molecule has 2 aromatic carbocycles. The molecule has 24 heavy (non-hydrogen) atoms. The maximum Gasteiger partial charge on any atom is 0.337 e. The minimum absolute atomic E-state index is 0.0936. The van der Waals surface area contributed by atoms with Gasteiger partial charge in [0.25, 0.3) is 0 Å². The fourth-order valence-corrected chi connectivity index (χ4v) is 3.21. The maximum absolute atomic E-state index is 12.9. The van der Waals surface area contributed by atoms with Gasteiger partial charge in [-0.25, -0.2) is 4.79 Å². The topological polar surface area (TPSA) is 55.4 Å². The number of carbonyl (C=O) groups excluding carboxylic acids is 2. The van der Waals surface area contributed by atoms with Crippen molar-refractivity contribution in [2.75, 3.05) is 12.4 Å². The van der Waals surface area contributed by atoms with Crippen molar-refractivity contribution in [1.82, 2.24) is 0 Å². The standard InChI is InChI=1S/C19H18ClNO3/c1-24-17(22)13-8-9-15(20)16(12-13)21-18(23)19(10-5-11-19)14-6-3-2-4-7-14/h2-4,6-9,12H,5,10-11H2,1H3,(H,21,23). The first-order chi connectivity index (χ1) is 11.6. The van der Waals surface area contributed by atoms with Crippen LogP contribution < -0.4 is 5.32 Å². The van der Waals surface area contributed by atoms with E-state index in [0.29, 0.717) is 16.3 Å².